The molecular formula is C14H29NO. The Bertz CT molecular complexity index is 242. The van der Waals surface area contributed by atoms with Gasteiger partial charge in [0, 0.05) is 12.1 Å². The Balaban J connectivity index is 2.73. The fraction of sp³-hybridized carbons (Fsp3) is 1.00. The van der Waals surface area contributed by atoms with Crippen molar-refractivity contribution in [2.75, 3.05) is 7.05 Å². The van der Waals surface area contributed by atoms with Crippen molar-refractivity contribution in [3.05, 3.63) is 0 Å². The molecule has 1 saturated carbocycles. The van der Waals surface area contributed by atoms with Gasteiger partial charge in [0.2, 0.25) is 0 Å². The first kappa shape index (κ1) is 14.0. The van der Waals surface area contributed by atoms with Gasteiger partial charge in [-0.25, -0.2) is 0 Å². The quantitative estimate of drug-likeness (QED) is 0.784. The number of nitrogens with zero attached hydrogens (tertiary/aromatic N) is 1. The first-order chi connectivity index (χ1) is 7.07. The van der Waals surface area contributed by atoms with Gasteiger partial charge in [0.05, 0.1) is 6.10 Å². The van der Waals surface area contributed by atoms with Crippen molar-refractivity contribution in [2.45, 2.75) is 72.6 Å². The monoisotopic (exact) mass is 227 g/mol. The number of hydrogen-bond donors (Lipinski definition) is 1. The predicted octanol–water partition coefficient (Wildman–Crippen LogP) is 2.90. The van der Waals surface area contributed by atoms with E-state index < -0.39 is 0 Å². The first-order valence-electron chi connectivity index (χ1n) is 6.47. The van der Waals surface area contributed by atoms with Crippen LogP contribution in [-0.2, 0) is 0 Å². The van der Waals surface area contributed by atoms with Gasteiger partial charge in [0.25, 0.3) is 0 Å². The summed E-state index contributed by atoms with van der Waals surface area (Å²) >= 11 is 0. The van der Waals surface area contributed by atoms with Crippen LogP contribution in [-0.4, -0.2) is 35.2 Å². The summed E-state index contributed by atoms with van der Waals surface area (Å²) in [6, 6.07) is 0.810. The van der Waals surface area contributed by atoms with E-state index in [0.717, 1.165) is 12.8 Å². The Morgan fingerprint density at radius 3 is 2.12 bits per heavy atom. The Hall–Kier alpha value is -0.0800. The van der Waals surface area contributed by atoms with Gasteiger partial charge in [-0.05, 0) is 37.6 Å². The summed E-state index contributed by atoms with van der Waals surface area (Å²) in [6.07, 6.45) is 2.05. The molecular weight excluding hydrogens is 198 g/mol. The third-order valence-corrected chi connectivity index (χ3v) is 4.64. The lowest BCUT2D eigenvalue weighted by atomic mass is 9.85. The molecule has 1 N–H and O–H groups in total. The Morgan fingerprint density at radius 2 is 1.81 bits per heavy atom. The van der Waals surface area contributed by atoms with Crippen LogP contribution in [0.15, 0.2) is 0 Å². The molecule has 0 amide bonds. The summed E-state index contributed by atoms with van der Waals surface area (Å²) in [7, 11) is 2.16. The first-order valence-corrected chi connectivity index (χ1v) is 6.47. The van der Waals surface area contributed by atoms with Crippen LogP contribution in [0.3, 0.4) is 0 Å². The van der Waals surface area contributed by atoms with Gasteiger partial charge in [-0.3, -0.25) is 4.90 Å². The van der Waals surface area contributed by atoms with Crippen LogP contribution in [0.1, 0.15) is 54.4 Å². The molecule has 0 radical (unpaired) electrons. The van der Waals surface area contributed by atoms with Gasteiger partial charge in [0.15, 0.2) is 0 Å². The van der Waals surface area contributed by atoms with E-state index in [9.17, 15) is 5.11 Å². The SMILES string of the molecule is CC(N(C)C1CCC(C)(C)C1O)C(C)(C)C. The minimum absolute atomic E-state index is 0.0799. The van der Waals surface area contributed by atoms with Crippen molar-refractivity contribution in [2.24, 2.45) is 10.8 Å². The minimum Gasteiger partial charge on any atom is -0.391 e. The van der Waals surface area contributed by atoms with E-state index in [-0.39, 0.29) is 16.9 Å². The van der Waals surface area contributed by atoms with E-state index in [1.807, 2.05) is 0 Å². The van der Waals surface area contributed by atoms with Crippen LogP contribution in [0.25, 0.3) is 0 Å². The van der Waals surface area contributed by atoms with Gasteiger partial charge in [-0.2, -0.15) is 0 Å². The molecule has 1 rings (SSSR count). The summed E-state index contributed by atoms with van der Waals surface area (Å²) in [4.78, 5) is 2.37. The molecule has 3 atom stereocenters. The largest absolute Gasteiger partial charge is 0.391 e. The zero-order chi connectivity index (χ0) is 12.7. The summed E-state index contributed by atoms with van der Waals surface area (Å²) in [6.45, 7) is 13.4. The Morgan fingerprint density at radius 1 is 1.31 bits per heavy atom. The summed E-state index contributed by atoms with van der Waals surface area (Å²) in [5.41, 5.74) is 0.345. The molecule has 0 aromatic heterocycles. The smallest absolute Gasteiger partial charge is 0.0746 e. The van der Waals surface area contributed by atoms with Crippen LogP contribution in [0.5, 0.6) is 0 Å². The van der Waals surface area contributed by atoms with E-state index >= 15 is 0 Å². The summed E-state index contributed by atoms with van der Waals surface area (Å²) < 4.78 is 0. The maximum Gasteiger partial charge on any atom is 0.0746 e. The van der Waals surface area contributed by atoms with Crippen LogP contribution in [0.2, 0.25) is 0 Å². The lowest BCUT2D eigenvalue weighted by Gasteiger charge is -2.41. The molecule has 0 heterocycles. The highest BCUT2D eigenvalue weighted by molar-refractivity contribution is 4.97. The topological polar surface area (TPSA) is 23.5 Å². The minimum atomic E-state index is -0.192. The third kappa shape index (κ3) is 2.60. The van der Waals surface area contributed by atoms with E-state index in [4.69, 9.17) is 0 Å². The van der Waals surface area contributed by atoms with E-state index in [1.54, 1.807) is 0 Å². The Labute approximate surface area is 101 Å². The molecule has 1 aliphatic carbocycles. The van der Waals surface area contributed by atoms with Gasteiger partial charge in [0.1, 0.15) is 0 Å². The molecule has 0 saturated heterocycles. The van der Waals surface area contributed by atoms with Crippen molar-refractivity contribution >= 4 is 0 Å². The van der Waals surface area contributed by atoms with Crippen LogP contribution < -0.4 is 0 Å². The van der Waals surface area contributed by atoms with Gasteiger partial charge in [-0.15, -0.1) is 0 Å². The third-order valence-electron chi connectivity index (χ3n) is 4.64. The number of rotatable bonds is 2. The molecule has 0 bridgehead atoms. The lowest BCUT2D eigenvalue weighted by Crippen LogP contribution is -2.50. The van der Waals surface area contributed by atoms with Crippen molar-refractivity contribution in [3.63, 3.8) is 0 Å². The van der Waals surface area contributed by atoms with Crippen molar-refractivity contribution < 1.29 is 5.11 Å². The fourth-order valence-electron chi connectivity index (χ4n) is 2.67. The van der Waals surface area contributed by atoms with Crippen molar-refractivity contribution in [3.8, 4) is 0 Å². The lowest BCUT2D eigenvalue weighted by molar-refractivity contribution is -0.00614. The molecule has 0 aliphatic heterocycles. The van der Waals surface area contributed by atoms with Crippen molar-refractivity contribution in [1.82, 2.24) is 4.90 Å². The summed E-state index contributed by atoms with van der Waals surface area (Å²) in [5, 5.41) is 10.4. The molecule has 1 aliphatic rings. The molecule has 0 aromatic rings. The second-order valence-corrected chi connectivity index (χ2v) is 7.25. The Kier molecular flexibility index (Phi) is 3.76. The maximum atomic E-state index is 10.4. The summed E-state index contributed by atoms with van der Waals surface area (Å²) in [5.74, 6) is 0. The molecule has 2 nitrogen and oxygen atoms in total. The highest BCUT2D eigenvalue weighted by atomic mass is 16.3. The van der Waals surface area contributed by atoms with Gasteiger partial charge < -0.3 is 5.11 Å². The normalized spacial score (nSPS) is 32.1. The van der Waals surface area contributed by atoms with Crippen molar-refractivity contribution in [1.29, 1.82) is 0 Å². The second-order valence-electron chi connectivity index (χ2n) is 7.25. The molecule has 2 heteroatoms. The van der Waals surface area contributed by atoms with Gasteiger partial charge >= 0.3 is 0 Å². The number of likely N-dealkylation sites (N-methyl/N-ethyl adjacent to an activating group) is 1. The molecule has 0 spiro atoms. The van der Waals surface area contributed by atoms with Crippen LogP contribution in [0, 0.1) is 10.8 Å². The number of aliphatic hydroxyl groups is 1. The highest BCUT2D eigenvalue weighted by Crippen LogP contribution is 2.41. The zero-order valence-corrected chi connectivity index (χ0v) is 12.0. The van der Waals surface area contributed by atoms with E-state index in [2.05, 4.69) is 53.5 Å². The number of aliphatic hydroxyl groups excluding tert-OH is 1. The van der Waals surface area contributed by atoms with E-state index in [1.165, 1.54) is 0 Å². The average Bonchev–Trinajstić information content (AvgIpc) is 2.39. The molecule has 1 fully saturated rings. The molecule has 0 aromatic carbocycles. The van der Waals surface area contributed by atoms with Crippen LogP contribution in [0.4, 0.5) is 0 Å². The standard InChI is InChI=1S/C14H29NO/c1-10(13(2,3)4)15(7)11-8-9-14(5,6)12(11)16/h10-12,16H,8-9H2,1-7H3. The maximum absolute atomic E-state index is 10.4. The zero-order valence-electron chi connectivity index (χ0n) is 12.0. The fourth-order valence-corrected chi connectivity index (χ4v) is 2.67. The average molecular weight is 227 g/mol. The van der Waals surface area contributed by atoms with E-state index in [0.29, 0.717) is 12.1 Å². The molecule has 16 heavy (non-hydrogen) atoms. The highest BCUT2D eigenvalue weighted by Gasteiger charge is 2.44. The van der Waals surface area contributed by atoms with Crippen LogP contribution >= 0.6 is 0 Å². The number of hydrogen-bond acceptors (Lipinski definition) is 2. The molecule has 96 valence electrons. The predicted molar refractivity (Wildman–Crippen MR) is 69.5 cm³/mol. The second kappa shape index (κ2) is 4.30. The molecule has 3 unspecified atom stereocenters. The van der Waals surface area contributed by atoms with Gasteiger partial charge in [-0.1, -0.05) is 34.6 Å².